The number of hydrogen-bond donors (Lipinski definition) is 1. The Bertz CT molecular complexity index is 554. The highest BCUT2D eigenvalue weighted by molar-refractivity contribution is 5.33. The molecule has 1 N–H and O–H groups in total. The Morgan fingerprint density at radius 1 is 1.39 bits per heavy atom. The second kappa shape index (κ2) is 5.99. The Morgan fingerprint density at radius 3 is 3.06 bits per heavy atom. The van der Waals surface area contributed by atoms with Crippen LogP contribution in [0.1, 0.15) is 23.2 Å². The van der Waals surface area contributed by atoms with E-state index in [2.05, 4.69) is 11.1 Å². The SMILES string of the molecule is N#Cc1cccc(Cn2cncc2CCCO)c1. The fourth-order valence-electron chi connectivity index (χ4n) is 1.89. The van der Waals surface area contributed by atoms with Crippen LogP contribution in [0, 0.1) is 11.3 Å². The van der Waals surface area contributed by atoms with Gasteiger partial charge in [-0.1, -0.05) is 12.1 Å². The van der Waals surface area contributed by atoms with Crippen LogP contribution in [0.4, 0.5) is 0 Å². The van der Waals surface area contributed by atoms with Crippen molar-refractivity contribution in [2.45, 2.75) is 19.4 Å². The maximum atomic E-state index is 8.86. The maximum absolute atomic E-state index is 8.86. The molecule has 92 valence electrons. The molecule has 0 bridgehead atoms. The van der Waals surface area contributed by atoms with Crippen molar-refractivity contribution in [2.75, 3.05) is 6.61 Å². The summed E-state index contributed by atoms with van der Waals surface area (Å²) in [6, 6.07) is 9.70. The molecule has 1 aromatic heterocycles. The molecule has 0 spiro atoms. The summed E-state index contributed by atoms with van der Waals surface area (Å²) in [5.41, 5.74) is 2.85. The molecule has 1 heterocycles. The monoisotopic (exact) mass is 241 g/mol. The largest absolute Gasteiger partial charge is 0.396 e. The molecule has 1 aromatic carbocycles. The summed E-state index contributed by atoms with van der Waals surface area (Å²) in [6.07, 6.45) is 5.16. The van der Waals surface area contributed by atoms with E-state index in [9.17, 15) is 0 Å². The molecular formula is C14H15N3O. The second-order valence-corrected chi connectivity index (χ2v) is 4.15. The van der Waals surface area contributed by atoms with Crippen LogP contribution in [0.15, 0.2) is 36.8 Å². The Kier molecular flexibility index (Phi) is 4.11. The van der Waals surface area contributed by atoms with Gasteiger partial charge >= 0.3 is 0 Å². The maximum Gasteiger partial charge on any atom is 0.0991 e. The average Bonchev–Trinajstić information content (AvgIpc) is 2.84. The highest BCUT2D eigenvalue weighted by Crippen LogP contribution is 2.10. The van der Waals surface area contributed by atoms with Crippen LogP contribution >= 0.6 is 0 Å². The summed E-state index contributed by atoms with van der Waals surface area (Å²) in [5, 5.41) is 17.7. The fraction of sp³-hybridized carbons (Fsp3) is 0.286. The van der Waals surface area contributed by atoms with E-state index in [-0.39, 0.29) is 6.61 Å². The molecule has 0 aliphatic carbocycles. The van der Waals surface area contributed by atoms with Crippen molar-refractivity contribution in [1.29, 1.82) is 5.26 Å². The van der Waals surface area contributed by atoms with E-state index in [0.717, 1.165) is 24.1 Å². The number of imidazole rings is 1. The molecule has 2 aromatic rings. The first-order valence-electron chi connectivity index (χ1n) is 5.92. The van der Waals surface area contributed by atoms with E-state index < -0.39 is 0 Å². The zero-order valence-corrected chi connectivity index (χ0v) is 10.1. The van der Waals surface area contributed by atoms with Gasteiger partial charge in [-0.25, -0.2) is 4.98 Å². The predicted octanol–water partition coefficient (Wildman–Crippen LogP) is 1.73. The first kappa shape index (κ1) is 12.3. The van der Waals surface area contributed by atoms with Crippen LogP contribution in [0.3, 0.4) is 0 Å². The third-order valence-electron chi connectivity index (χ3n) is 2.80. The van der Waals surface area contributed by atoms with Crippen molar-refractivity contribution in [3.8, 4) is 6.07 Å². The number of hydrogen-bond acceptors (Lipinski definition) is 3. The van der Waals surface area contributed by atoms with Crippen LogP contribution < -0.4 is 0 Å². The lowest BCUT2D eigenvalue weighted by Crippen LogP contribution is -2.04. The van der Waals surface area contributed by atoms with Crippen LogP contribution in [0.25, 0.3) is 0 Å². The van der Waals surface area contributed by atoms with Gasteiger partial charge in [0.05, 0.1) is 18.0 Å². The zero-order chi connectivity index (χ0) is 12.8. The quantitative estimate of drug-likeness (QED) is 0.867. The molecule has 18 heavy (non-hydrogen) atoms. The van der Waals surface area contributed by atoms with Gasteiger partial charge in [0, 0.05) is 25.0 Å². The van der Waals surface area contributed by atoms with E-state index in [1.807, 2.05) is 29.0 Å². The minimum atomic E-state index is 0.190. The molecule has 0 aliphatic heterocycles. The van der Waals surface area contributed by atoms with E-state index in [1.165, 1.54) is 0 Å². The van der Waals surface area contributed by atoms with Gasteiger partial charge in [-0.2, -0.15) is 5.26 Å². The molecule has 0 radical (unpaired) electrons. The molecule has 0 unspecified atom stereocenters. The van der Waals surface area contributed by atoms with Crippen molar-refractivity contribution in [3.63, 3.8) is 0 Å². The molecule has 0 atom stereocenters. The summed E-state index contributed by atoms with van der Waals surface area (Å²) in [4.78, 5) is 4.13. The molecule has 0 saturated carbocycles. The smallest absolute Gasteiger partial charge is 0.0991 e. The third kappa shape index (κ3) is 2.96. The number of aliphatic hydroxyl groups excluding tert-OH is 1. The normalized spacial score (nSPS) is 10.2. The fourth-order valence-corrected chi connectivity index (χ4v) is 1.89. The van der Waals surface area contributed by atoms with E-state index in [1.54, 1.807) is 12.4 Å². The minimum absolute atomic E-state index is 0.190. The summed E-state index contributed by atoms with van der Waals surface area (Å²) < 4.78 is 2.05. The number of aryl methyl sites for hydroxylation is 1. The Hall–Kier alpha value is -2.12. The van der Waals surface area contributed by atoms with Gasteiger partial charge in [-0.3, -0.25) is 0 Å². The summed E-state index contributed by atoms with van der Waals surface area (Å²) >= 11 is 0. The number of nitrogens with zero attached hydrogens (tertiary/aromatic N) is 3. The van der Waals surface area contributed by atoms with Gasteiger partial charge in [0.15, 0.2) is 0 Å². The molecule has 4 nitrogen and oxygen atoms in total. The highest BCUT2D eigenvalue weighted by atomic mass is 16.2. The molecule has 4 heteroatoms. The summed E-state index contributed by atoms with van der Waals surface area (Å²) in [5.74, 6) is 0. The lowest BCUT2D eigenvalue weighted by molar-refractivity contribution is 0.287. The zero-order valence-electron chi connectivity index (χ0n) is 10.1. The van der Waals surface area contributed by atoms with E-state index in [4.69, 9.17) is 10.4 Å². The molecule has 0 aliphatic rings. The summed E-state index contributed by atoms with van der Waals surface area (Å²) in [7, 11) is 0. The van der Waals surface area contributed by atoms with Crippen LogP contribution in [0.5, 0.6) is 0 Å². The lowest BCUT2D eigenvalue weighted by atomic mass is 10.1. The molecule has 0 fully saturated rings. The van der Waals surface area contributed by atoms with Gasteiger partial charge in [0.25, 0.3) is 0 Å². The number of nitriles is 1. The Balaban J connectivity index is 2.13. The predicted molar refractivity (Wildman–Crippen MR) is 67.9 cm³/mol. The van der Waals surface area contributed by atoms with Gasteiger partial charge in [0.2, 0.25) is 0 Å². The van der Waals surface area contributed by atoms with Gasteiger partial charge in [-0.15, -0.1) is 0 Å². The molecule has 2 rings (SSSR count). The van der Waals surface area contributed by atoms with E-state index in [0.29, 0.717) is 12.1 Å². The van der Waals surface area contributed by atoms with E-state index >= 15 is 0 Å². The van der Waals surface area contributed by atoms with Gasteiger partial charge in [-0.05, 0) is 30.5 Å². The van der Waals surface area contributed by atoms with Gasteiger partial charge in [0.1, 0.15) is 0 Å². The average molecular weight is 241 g/mol. The number of benzene rings is 1. The Labute approximate surface area is 106 Å². The van der Waals surface area contributed by atoms with Crippen molar-refractivity contribution in [2.24, 2.45) is 0 Å². The second-order valence-electron chi connectivity index (χ2n) is 4.15. The van der Waals surface area contributed by atoms with Crippen molar-refractivity contribution >= 4 is 0 Å². The molecule has 0 amide bonds. The number of aliphatic hydroxyl groups is 1. The van der Waals surface area contributed by atoms with Crippen molar-refractivity contribution in [3.05, 3.63) is 53.6 Å². The number of rotatable bonds is 5. The Morgan fingerprint density at radius 2 is 2.28 bits per heavy atom. The third-order valence-corrected chi connectivity index (χ3v) is 2.80. The molecular weight excluding hydrogens is 226 g/mol. The van der Waals surface area contributed by atoms with Crippen LogP contribution in [-0.2, 0) is 13.0 Å². The lowest BCUT2D eigenvalue weighted by Gasteiger charge is -2.08. The van der Waals surface area contributed by atoms with Crippen LogP contribution in [0.2, 0.25) is 0 Å². The van der Waals surface area contributed by atoms with Crippen molar-refractivity contribution < 1.29 is 5.11 Å². The highest BCUT2D eigenvalue weighted by Gasteiger charge is 2.03. The summed E-state index contributed by atoms with van der Waals surface area (Å²) in [6.45, 7) is 0.894. The number of aromatic nitrogens is 2. The standard InChI is InChI=1S/C14H15N3O/c15-8-12-3-1-4-13(7-12)10-17-11-16-9-14(17)5-2-6-18/h1,3-4,7,9,11,18H,2,5-6,10H2. The van der Waals surface area contributed by atoms with Gasteiger partial charge < -0.3 is 9.67 Å². The van der Waals surface area contributed by atoms with Crippen LogP contribution in [-0.4, -0.2) is 21.3 Å². The first-order valence-corrected chi connectivity index (χ1v) is 5.92. The molecule has 0 saturated heterocycles. The first-order chi connectivity index (χ1) is 8.83. The van der Waals surface area contributed by atoms with Crippen molar-refractivity contribution in [1.82, 2.24) is 9.55 Å². The topological polar surface area (TPSA) is 61.8 Å². The minimum Gasteiger partial charge on any atom is -0.396 e.